The Balaban J connectivity index is 1.67. The van der Waals surface area contributed by atoms with Gasteiger partial charge in [-0.25, -0.2) is 0 Å². The van der Waals surface area contributed by atoms with Crippen LogP contribution in [0.4, 0.5) is 0 Å². The molecule has 4 heteroatoms. The van der Waals surface area contributed by atoms with Gasteiger partial charge < -0.3 is 15.4 Å². The molecule has 0 bridgehead atoms. The number of hydrogen-bond acceptors (Lipinski definition) is 3. The lowest BCUT2D eigenvalue weighted by Gasteiger charge is -2.23. The highest BCUT2D eigenvalue weighted by molar-refractivity contribution is 5.78. The SMILES string of the molecule is CC(C)c1ccc(CNCC(=O)NC2CCOCC2)cc1. The van der Waals surface area contributed by atoms with Gasteiger partial charge in [0.05, 0.1) is 6.54 Å². The molecule has 21 heavy (non-hydrogen) atoms. The number of carbonyl (C=O) groups is 1. The van der Waals surface area contributed by atoms with E-state index in [-0.39, 0.29) is 11.9 Å². The molecule has 1 aromatic carbocycles. The van der Waals surface area contributed by atoms with Gasteiger partial charge in [-0.2, -0.15) is 0 Å². The van der Waals surface area contributed by atoms with Crippen molar-refractivity contribution in [2.75, 3.05) is 19.8 Å². The molecule has 1 amide bonds. The van der Waals surface area contributed by atoms with Gasteiger partial charge >= 0.3 is 0 Å². The van der Waals surface area contributed by atoms with Gasteiger partial charge in [-0.05, 0) is 29.9 Å². The van der Waals surface area contributed by atoms with Gasteiger partial charge in [0.15, 0.2) is 0 Å². The minimum atomic E-state index is 0.0701. The van der Waals surface area contributed by atoms with Gasteiger partial charge in [0.2, 0.25) is 5.91 Å². The van der Waals surface area contributed by atoms with Crippen LogP contribution in [-0.4, -0.2) is 31.7 Å². The van der Waals surface area contributed by atoms with Gasteiger partial charge in [-0.1, -0.05) is 38.1 Å². The molecule has 0 radical (unpaired) electrons. The topological polar surface area (TPSA) is 50.4 Å². The first-order chi connectivity index (χ1) is 10.1. The second-order valence-electron chi connectivity index (χ2n) is 5.95. The highest BCUT2D eigenvalue weighted by Crippen LogP contribution is 2.14. The number of nitrogens with one attached hydrogen (secondary N) is 2. The van der Waals surface area contributed by atoms with E-state index in [1.165, 1.54) is 11.1 Å². The van der Waals surface area contributed by atoms with E-state index in [4.69, 9.17) is 4.74 Å². The predicted molar refractivity (Wildman–Crippen MR) is 84.2 cm³/mol. The molecule has 1 aromatic rings. The fraction of sp³-hybridized carbons (Fsp3) is 0.588. The van der Waals surface area contributed by atoms with Gasteiger partial charge in [0.1, 0.15) is 0 Å². The summed E-state index contributed by atoms with van der Waals surface area (Å²) in [5.41, 5.74) is 2.55. The van der Waals surface area contributed by atoms with Gasteiger partial charge in [0, 0.05) is 25.8 Å². The Morgan fingerprint density at radius 2 is 1.90 bits per heavy atom. The molecular formula is C17H26N2O2. The molecule has 1 heterocycles. The summed E-state index contributed by atoms with van der Waals surface area (Å²) in [6.45, 7) is 6.96. The molecule has 1 saturated heterocycles. The van der Waals surface area contributed by atoms with E-state index in [1.54, 1.807) is 0 Å². The fourth-order valence-corrected chi connectivity index (χ4v) is 2.46. The van der Waals surface area contributed by atoms with Crippen LogP contribution in [0.5, 0.6) is 0 Å². The lowest BCUT2D eigenvalue weighted by atomic mass is 10.0. The molecule has 2 N–H and O–H groups in total. The molecule has 1 aliphatic heterocycles. The van der Waals surface area contributed by atoms with Gasteiger partial charge in [0.25, 0.3) is 0 Å². The van der Waals surface area contributed by atoms with Crippen LogP contribution in [0.15, 0.2) is 24.3 Å². The number of rotatable bonds is 6. The predicted octanol–water partition coefficient (Wildman–Crippen LogP) is 2.19. The van der Waals surface area contributed by atoms with E-state index in [0.29, 0.717) is 12.5 Å². The maximum Gasteiger partial charge on any atom is 0.234 e. The van der Waals surface area contributed by atoms with E-state index in [9.17, 15) is 4.79 Å². The molecule has 0 aromatic heterocycles. The summed E-state index contributed by atoms with van der Waals surface area (Å²) >= 11 is 0. The molecule has 2 rings (SSSR count). The van der Waals surface area contributed by atoms with Crippen LogP contribution in [0.2, 0.25) is 0 Å². The first-order valence-electron chi connectivity index (χ1n) is 7.82. The Bertz CT molecular complexity index is 437. The summed E-state index contributed by atoms with van der Waals surface area (Å²) in [4.78, 5) is 11.8. The Hall–Kier alpha value is -1.39. The molecule has 1 fully saturated rings. The maximum absolute atomic E-state index is 11.8. The van der Waals surface area contributed by atoms with Crippen LogP contribution in [0, 0.1) is 0 Å². The normalized spacial score (nSPS) is 16.1. The van der Waals surface area contributed by atoms with Crippen LogP contribution in [0.25, 0.3) is 0 Å². The van der Waals surface area contributed by atoms with Crippen molar-refractivity contribution in [1.82, 2.24) is 10.6 Å². The van der Waals surface area contributed by atoms with Crippen LogP contribution in [0.3, 0.4) is 0 Å². The van der Waals surface area contributed by atoms with Crippen LogP contribution >= 0.6 is 0 Å². The summed E-state index contributed by atoms with van der Waals surface area (Å²) in [5.74, 6) is 0.623. The lowest BCUT2D eigenvalue weighted by Crippen LogP contribution is -2.42. The molecule has 0 atom stereocenters. The van der Waals surface area contributed by atoms with Gasteiger partial charge in [-0.3, -0.25) is 4.79 Å². The van der Waals surface area contributed by atoms with Crippen molar-refractivity contribution in [3.8, 4) is 0 Å². The first kappa shape index (κ1) is 16.0. The summed E-state index contributed by atoms with van der Waals surface area (Å²) in [5, 5.41) is 6.24. The average Bonchev–Trinajstić information content (AvgIpc) is 2.49. The van der Waals surface area contributed by atoms with Crippen LogP contribution < -0.4 is 10.6 Å². The lowest BCUT2D eigenvalue weighted by molar-refractivity contribution is -0.121. The number of amides is 1. The first-order valence-corrected chi connectivity index (χ1v) is 7.82. The largest absolute Gasteiger partial charge is 0.381 e. The van der Waals surface area contributed by atoms with Crippen LogP contribution in [-0.2, 0) is 16.1 Å². The van der Waals surface area contributed by atoms with Crippen molar-refractivity contribution in [3.05, 3.63) is 35.4 Å². The second-order valence-corrected chi connectivity index (χ2v) is 5.95. The maximum atomic E-state index is 11.8. The zero-order chi connectivity index (χ0) is 15.1. The smallest absolute Gasteiger partial charge is 0.234 e. The van der Waals surface area contributed by atoms with Crippen molar-refractivity contribution < 1.29 is 9.53 Å². The van der Waals surface area contributed by atoms with E-state index in [0.717, 1.165) is 32.6 Å². The van der Waals surface area contributed by atoms with Crippen molar-refractivity contribution in [2.24, 2.45) is 0 Å². The van der Waals surface area contributed by atoms with Gasteiger partial charge in [-0.15, -0.1) is 0 Å². The monoisotopic (exact) mass is 290 g/mol. The zero-order valence-electron chi connectivity index (χ0n) is 13.0. The molecule has 0 aliphatic carbocycles. The number of ether oxygens (including phenoxy) is 1. The third-order valence-corrected chi connectivity index (χ3v) is 3.85. The Labute approximate surface area is 127 Å². The zero-order valence-corrected chi connectivity index (χ0v) is 13.0. The molecule has 0 unspecified atom stereocenters. The number of benzene rings is 1. The van der Waals surface area contributed by atoms with Crippen molar-refractivity contribution >= 4 is 5.91 Å². The number of carbonyl (C=O) groups excluding carboxylic acids is 1. The average molecular weight is 290 g/mol. The fourth-order valence-electron chi connectivity index (χ4n) is 2.46. The molecule has 4 nitrogen and oxygen atoms in total. The van der Waals surface area contributed by atoms with E-state index in [1.807, 2.05) is 0 Å². The summed E-state index contributed by atoms with van der Waals surface area (Å²) in [6.07, 6.45) is 1.84. The second kappa shape index (κ2) is 8.15. The highest BCUT2D eigenvalue weighted by Gasteiger charge is 2.15. The van der Waals surface area contributed by atoms with Crippen molar-refractivity contribution in [3.63, 3.8) is 0 Å². The van der Waals surface area contributed by atoms with Crippen LogP contribution in [0.1, 0.15) is 43.7 Å². The molecule has 116 valence electrons. The third kappa shape index (κ3) is 5.48. The minimum absolute atomic E-state index is 0.0701. The van der Waals surface area contributed by atoms with Crippen molar-refractivity contribution in [1.29, 1.82) is 0 Å². The van der Waals surface area contributed by atoms with Crippen molar-refractivity contribution in [2.45, 2.75) is 45.2 Å². The number of hydrogen-bond donors (Lipinski definition) is 2. The summed E-state index contributed by atoms with van der Waals surface area (Å²) < 4.78 is 5.28. The van der Waals surface area contributed by atoms with E-state index >= 15 is 0 Å². The van der Waals surface area contributed by atoms with E-state index in [2.05, 4.69) is 48.7 Å². The molecule has 0 saturated carbocycles. The third-order valence-electron chi connectivity index (χ3n) is 3.85. The Kier molecular flexibility index (Phi) is 6.21. The molecule has 0 spiro atoms. The standard InChI is InChI=1S/C17H26N2O2/c1-13(2)15-5-3-14(4-6-15)11-18-12-17(20)19-16-7-9-21-10-8-16/h3-6,13,16,18H,7-12H2,1-2H3,(H,19,20). The Morgan fingerprint density at radius 1 is 1.24 bits per heavy atom. The Morgan fingerprint density at radius 3 is 2.52 bits per heavy atom. The quantitative estimate of drug-likeness (QED) is 0.844. The summed E-state index contributed by atoms with van der Waals surface area (Å²) in [7, 11) is 0. The van der Waals surface area contributed by atoms with E-state index < -0.39 is 0 Å². The summed E-state index contributed by atoms with van der Waals surface area (Å²) in [6, 6.07) is 8.84. The minimum Gasteiger partial charge on any atom is -0.381 e. The molecular weight excluding hydrogens is 264 g/mol. The highest BCUT2D eigenvalue weighted by atomic mass is 16.5. The molecule has 1 aliphatic rings.